The molecule has 0 radical (unpaired) electrons. The first-order chi connectivity index (χ1) is 24.5. The Morgan fingerprint density at radius 2 is 1.37 bits per heavy atom. The lowest BCUT2D eigenvalue weighted by Gasteiger charge is -2.27. The zero-order valence-corrected chi connectivity index (χ0v) is 30.5. The van der Waals surface area contributed by atoms with E-state index < -0.39 is 59.5 Å². The molecule has 5 amide bonds. The van der Waals surface area contributed by atoms with E-state index in [0.29, 0.717) is 6.42 Å². The van der Waals surface area contributed by atoms with Crippen LogP contribution in [0.25, 0.3) is 10.9 Å². The number of nitrogens with two attached hydrogens (primary N) is 3. The van der Waals surface area contributed by atoms with Crippen molar-refractivity contribution in [2.45, 2.75) is 96.5 Å². The molecule has 1 aromatic heterocycles. The number of aliphatic imine (C=N–C) groups is 1. The molecule has 52 heavy (non-hydrogen) atoms. The third kappa shape index (κ3) is 13.6. The van der Waals surface area contributed by atoms with Crippen LogP contribution in [0.1, 0.15) is 65.0 Å². The van der Waals surface area contributed by atoms with Gasteiger partial charge in [0.1, 0.15) is 29.8 Å². The first kappa shape index (κ1) is 40.8. The summed E-state index contributed by atoms with van der Waals surface area (Å²) in [6, 6.07) is 12.1. The van der Waals surface area contributed by atoms with Crippen LogP contribution in [0, 0.1) is 5.92 Å². The molecule has 282 valence electrons. The highest BCUT2D eigenvalue weighted by Gasteiger charge is 2.32. The highest BCUT2D eigenvalue weighted by Crippen LogP contribution is 2.20. The number of nitrogens with zero attached hydrogens (tertiary/aromatic N) is 1. The summed E-state index contributed by atoms with van der Waals surface area (Å²) in [5, 5.41) is 11.7. The lowest BCUT2D eigenvalue weighted by Crippen LogP contribution is -2.59. The molecular formula is C37H53N9O6. The number of rotatable bonds is 18. The molecule has 0 fully saturated rings. The van der Waals surface area contributed by atoms with Gasteiger partial charge < -0.3 is 48.2 Å². The molecule has 0 unspecified atom stereocenters. The number of hydrogen-bond donors (Lipinski definition) is 8. The van der Waals surface area contributed by atoms with Crippen LogP contribution in [0.4, 0.5) is 4.79 Å². The quantitative estimate of drug-likeness (QED) is 0.0546. The molecule has 3 aromatic rings. The van der Waals surface area contributed by atoms with Crippen molar-refractivity contribution in [3.8, 4) is 0 Å². The smallest absolute Gasteiger partial charge is 0.408 e. The Labute approximate surface area is 304 Å². The number of carbonyl (C=O) groups excluding carboxylic acids is 5. The highest BCUT2D eigenvalue weighted by molar-refractivity contribution is 5.96. The fourth-order valence-corrected chi connectivity index (χ4v) is 5.54. The molecule has 0 aliphatic heterocycles. The second-order valence-corrected chi connectivity index (χ2v) is 14.1. The summed E-state index contributed by atoms with van der Waals surface area (Å²) in [5.74, 6) is -2.80. The molecule has 0 bridgehead atoms. The van der Waals surface area contributed by atoms with Gasteiger partial charge in [0.15, 0.2) is 5.96 Å². The lowest BCUT2D eigenvalue weighted by atomic mass is 10.0. The number of aromatic amines is 1. The number of H-pyrrole nitrogens is 1. The first-order valence-electron chi connectivity index (χ1n) is 17.4. The van der Waals surface area contributed by atoms with E-state index in [2.05, 4.69) is 31.2 Å². The summed E-state index contributed by atoms with van der Waals surface area (Å²) in [6.45, 7) is 9.07. The molecule has 15 nitrogen and oxygen atoms in total. The average molecular weight is 720 g/mol. The van der Waals surface area contributed by atoms with Crippen molar-refractivity contribution in [2.24, 2.45) is 28.1 Å². The van der Waals surface area contributed by atoms with E-state index in [-0.39, 0.29) is 44.1 Å². The van der Waals surface area contributed by atoms with Crippen molar-refractivity contribution in [3.63, 3.8) is 0 Å². The van der Waals surface area contributed by atoms with Crippen molar-refractivity contribution in [1.82, 2.24) is 26.3 Å². The summed E-state index contributed by atoms with van der Waals surface area (Å²) in [7, 11) is 0. The van der Waals surface area contributed by atoms with E-state index in [4.69, 9.17) is 21.9 Å². The summed E-state index contributed by atoms with van der Waals surface area (Å²) >= 11 is 0. The predicted molar refractivity (Wildman–Crippen MR) is 200 cm³/mol. The Kier molecular flexibility index (Phi) is 15.0. The minimum absolute atomic E-state index is 0.00170. The monoisotopic (exact) mass is 719 g/mol. The number of aromatic nitrogens is 1. The van der Waals surface area contributed by atoms with Crippen LogP contribution in [0.3, 0.4) is 0 Å². The van der Waals surface area contributed by atoms with Crippen LogP contribution >= 0.6 is 0 Å². The minimum atomic E-state index is -1.19. The van der Waals surface area contributed by atoms with E-state index in [0.717, 1.165) is 22.0 Å². The molecule has 0 saturated carbocycles. The maximum Gasteiger partial charge on any atom is 0.408 e. The lowest BCUT2D eigenvalue weighted by molar-refractivity contribution is -0.133. The van der Waals surface area contributed by atoms with Gasteiger partial charge in [-0.2, -0.15) is 0 Å². The molecule has 11 N–H and O–H groups in total. The Morgan fingerprint density at radius 1 is 0.769 bits per heavy atom. The van der Waals surface area contributed by atoms with E-state index in [1.807, 2.05) is 68.4 Å². The summed E-state index contributed by atoms with van der Waals surface area (Å²) in [5.41, 5.74) is 18.2. The third-order valence-corrected chi connectivity index (χ3v) is 7.97. The third-order valence-electron chi connectivity index (χ3n) is 7.97. The second-order valence-electron chi connectivity index (χ2n) is 14.1. The molecule has 0 aliphatic carbocycles. The van der Waals surface area contributed by atoms with Crippen LogP contribution in [0.15, 0.2) is 65.8 Å². The molecule has 0 spiro atoms. The van der Waals surface area contributed by atoms with E-state index in [9.17, 15) is 24.0 Å². The normalized spacial score (nSPS) is 13.7. The fraction of sp³-hybridized carbons (Fsp3) is 0.459. The van der Waals surface area contributed by atoms with Gasteiger partial charge >= 0.3 is 6.09 Å². The van der Waals surface area contributed by atoms with Gasteiger partial charge in [0.05, 0.1) is 0 Å². The number of para-hydroxylation sites is 1. The molecular weight excluding hydrogens is 666 g/mol. The van der Waals surface area contributed by atoms with Crippen LogP contribution < -0.4 is 38.5 Å². The largest absolute Gasteiger partial charge is 0.444 e. The SMILES string of the molecule is CC(C)C[C@H](NC(=O)OC(C)(C)C)C(=O)N[C@@H](CCCN=C(N)N)C(=O)N[C@@H](Cc1c[nH]c2ccccc12)C(=O)N[C@@H](Cc1ccccc1)C(N)=O. The zero-order valence-electron chi connectivity index (χ0n) is 30.5. The summed E-state index contributed by atoms with van der Waals surface area (Å²) < 4.78 is 5.37. The predicted octanol–water partition coefficient (Wildman–Crippen LogP) is 1.89. The van der Waals surface area contributed by atoms with E-state index in [1.165, 1.54) is 0 Å². The number of fused-ring (bicyclic) bond motifs is 1. The van der Waals surface area contributed by atoms with Gasteiger partial charge in [0.25, 0.3) is 0 Å². The first-order valence-corrected chi connectivity index (χ1v) is 17.4. The van der Waals surface area contributed by atoms with Gasteiger partial charge in [-0.05, 0) is 63.1 Å². The molecule has 0 aliphatic rings. The van der Waals surface area contributed by atoms with Gasteiger partial charge in [-0.25, -0.2) is 4.79 Å². The highest BCUT2D eigenvalue weighted by atomic mass is 16.6. The maximum atomic E-state index is 14.1. The summed E-state index contributed by atoms with van der Waals surface area (Å²) in [6.07, 6.45) is 1.80. The maximum absolute atomic E-state index is 14.1. The number of alkyl carbamates (subject to hydrolysis) is 1. The van der Waals surface area contributed by atoms with Crippen LogP contribution in [-0.4, -0.2) is 77.0 Å². The minimum Gasteiger partial charge on any atom is -0.444 e. The number of amides is 5. The topological polar surface area (TPSA) is 249 Å². The molecule has 2 aromatic carbocycles. The Morgan fingerprint density at radius 3 is 2.00 bits per heavy atom. The molecule has 0 saturated heterocycles. The van der Waals surface area contributed by atoms with Gasteiger partial charge in [-0.15, -0.1) is 0 Å². The molecule has 4 atom stereocenters. The molecule has 3 rings (SSSR count). The van der Waals surface area contributed by atoms with Crippen LogP contribution in [0.2, 0.25) is 0 Å². The van der Waals surface area contributed by atoms with Crippen LogP contribution in [-0.2, 0) is 36.8 Å². The van der Waals surface area contributed by atoms with Crippen molar-refractivity contribution in [3.05, 3.63) is 71.9 Å². The Bertz CT molecular complexity index is 1700. The Balaban J connectivity index is 1.91. The van der Waals surface area contributed by atoms with Gasteiger partial charge in [-0.1, -0.05) is 62.4 Å². The number of primary amides is 1. The van der Waals surface area contributed by atoms with Gasteiger partial charge in [0, 0.05) is 36.5 Å². The fourth-order valence-electron chi connectivity index (χ4n) is 5.54. The van der Waals surface area contributed by atoms with Crippen molar-refractivity contribution < 1.29 is 28.7 Å². The summed E-state index contributed by atoms with van der Waals surface area (Å²) in [4.78, 5) is 74.0. The average Bonchev–Trinajstić information content (AvgIpc) is 3.46. The number of benzene rings is 2. The number of nitrogens with one attached hydrogen (secondary N) is 5. The Hall–Kier alpha value is -5.60. The second kappa shape index (κ2) is 19.1. The number of carbonyl (C=O) groups is 5. The molecule has 1 heterocycles. The zero-order chi connectivity index (χ0) is 38.4. The van der Waals surface area contributed by atoms with Gasteiger partial charge in [-0.3, -0.25) is 24.2 Å². The number of hydrogen-bond acceptors (Lipinski definition) is 7. The van der Waals surface area contributed by atoms with Crippen molar-refractivity contribution >= 4 is 46.6 Å². The van der Waals surface area contributed by atoms with E-state index in [1.54, 1.807) is 27.0 Å². The van der Waals surface area contributed by atoms with Crippen molar-refractivity contribution in [2.75, 3.05) is 6.54 Å². The van der Waals surface area contributed by atoms with Gasteiger partial charge in [0.2, 0.25) is 23.6 Å². The number of guanidine groups is 1. The number of ether oxygens (including phenoxy) is 1. The van der Waals surface area contributed by atoms with Crippen molar-refractivity contribution in [1.29, 1.82) is 0 Å². The van der Waals surface area contributed by atoms with Crippen LogP contribution in [0.5, 0.6) is 0 Å². The molecule has 15 heteroatoms. The van der Waals surface area contributed by atoms with E-state index >= 15 is 0 Å². The standard InChI is InChI=1S/C37H53N9O6/c1-22(2)18-29(46-36(51)52-37(3,4)5)33(49)43-27(16-11-17-41-35(39)40)32(48)45-30(20-24-21-42-26-15-10-9-14-25(24)26)34(50)44-28(31(38)47)19-23-12-7-6-8-13-23/h6-10,12-15,21-22,27-30,42H,11,16-20H2,1-5H3,(H2,38,47)(H,43,49)(H,44,50)(H,45,48)(H,46,51)(H4,39,40,41)/t27-,28-,29-,30-/m0/s1.